The Balaban J connectivity index is 0.000000577. The Labute approximate surface area is 626 Å². The Hall–Kier alpha value is -0.980. The van der Waals surface area contributed by atoms with Crippen LogP contribution in [0.15, 0.2) is 0 Å². The summed E-state index contributed by atoms with van der Waals surface area (Å²) in [5, 5.41) is 0. The molecule has 0 aromatic heterocycles. The maximum atomic E-state index is 12.7. The highest BCUT2D eigenvalue weighted by molar-refractivity contribution is 5.10. The number of hydrogen-bond donors (Lipinski definition) is 0. The van der Waals surface area contributed by atoms with Crippen LogP contribution in [0.5, 0.6) is 0 Å². The van der Waals surface area contributed by atoms with Gasteiger partial charge in [-0.25, -0.2) is 8.78 Å². The van der Waals surface area contributed by atoms with Gasteiger partial charge in [0, 0.05) is 12.8 Å². The van der Waals surface area contributed by atoms with E-state index in [2.05, 4.69) is 125 Å². The van der Waals surface area contributed by atoms with E-state index in [9.17, 15) is 61.5 Å². The van der Waals surface area contributed by atoms with Gasteiger partial charge in [0.2, 0.25) is 5.92 Å². The van der Waals surface area contributed by atoms with Crippen molar-refractivity contribution < 1.29 is 61.5 Å². The lowest BCUT2D eigenvalue weighted by molar-refractivity contribution is -0.286. The molecule has 618 valence electrons. The summed E-state index contributed by atoms with van der Waals surface area (Å²) in [4.78, 5) is 0. The van der Waals surface area contributed by atoms with Gasteiger partial charge in [-0.1, -0.05) is 261 Å². The van der Waals surface area contributed by atoms with E-state index in [1.54, 1.807) is 54.4 Å². The average Bonchev–Trinajstić information content (AvgIpc) is 0.808. The van der Waals surface area contributed by atoms with Gasteiger partial charge in [-0.2, -0.15) is 52.7 Å². The summed E-state index contributed by atoms with van der Waals surface area (Å²) in [7, 11) is 0. The minimum Gasteiger partial charge on any atom is -0.207 e. The van der Waals surface area contributed by atoms with Crippen LogP contribution in [0.2, 0.25) is 0 Å². The van der Waals surface area contributed by atoms with E-state index in [0.29, 0.717) is 95.2 Å². The number of halogens is 14. The molecule has 0 aromatic rings. The van der Waals surface area contributed by atoms with E-state index in [1.165, 1.54) is 83.5 Å². The van der Waals surface area contributed by atoms with E-state index < -0.39 is 63.1 Å². The van der Waals surface area contributed by atoms with Gasteiger partial charge in [0.15, 0.2) is 0 Å². The van der Waals surface area contributed by atoms with E-state index in [4.69, 9.17) is 0 Å². The SMILES string of the molecule is CC.CC.CC(C)(C)C1(C(F)(F)F)CC1.CC(C)(C)C1(C(F)(F)F)CCC1.CC(C)(C)C1(C)CCC1.CC(C)(C)C1CC2(C1)CC(F)(F)C2.CC(C)(C)C1CC2(CCC2)C1.CC(C)(C)CC1(C(F)(F)F)CC1.CC(C)(C)CC1(C(F)(F)F)CC1.CC(C)(C)CC1(C)CC1.CC(C)(C)CC1(C)CCC1. The molecule has 0 aliphatic heterocycles. The van der Waals surface area contributed by atoms with Crippen LogP contribution in [-0.2, 0) is 0 Å². The first-order chi connectivity index (χ1) is 45.3. The molecule has 2 spiro atoms. The van der Waals surface area contributed by atoms with Crippen LogP contribution in [0.1, 0.15) is 428 Å². The molecule has 11 fully saturated rings. The first-order valence-corrected chi connectivity index (χ1v) is 40.9. The zero-order valence-electron chi connectivity index (χ0n) is 73.2. The van der Waals surface area contributed by atoms with Gasteiger partial charge in [0.05, 0.1) is 21.7 Å². The molecule has 0 bridgehead atoms. The number of rotatable bonds is 4. The lowest BCUT2D eigenvalue weighted by Crippen LogP contribution is -2.55. The summed E-state index contributed by atoms with van der Waals surface area (Å²) < 4.78 is 175. The number of alkyl halides is 14. The summed E-state index contributed by atoms with van der Waals surface area (Å²) in [6, 6.07) is 0. The normalized spacial score (nSPS) is 24.3. The predicted molar refractivity (Wildman–Crippen MR) is 411 cm³/mol. The van der Waals surface area contributed by atoms with Crippen molar-refractivity contribution in [2.45, 2.75) is 459 Å². The average molecular weight is 1500 g/mol. The summed E-state index contributed by atoms with van der Waals surface area (Å²) in [5.74, 6) is -0.630. The maximum Gasteiger partial charge on any atom is 0.395 e. The highest BCUT2D eigenvalue weighted by atomic mass is 19.4. The Kier molecular flexibility index (Phi) is 32.8. The Morgan fingerprint density at radius 1 is 0.272 bits per heavy atom. The van der Waals surface area contributed by atoms with Gasteiger partial charge in [0.25, 0.3) is 0 Å². The third-order valence-corrected chi connectivity index (χ3v) is 26.3. The van der Waals surface area contributed by atoms with Gasteiger partial charge < -0.3 is 0 Å². The third kappa shape index (κ3) is 29.9. The van der Waals surface area contributed by atoms with Gasteiger partial charge in [0.1, 0.15) is 0 Å². The second-order valence-corrected chi connectivity index (χ2v) is 46.2. The molecule has 0 aromatic carbocycles. The molecular weight excluding hydrogens is 1330 g/mol. The molecule has 0 amide bonds. The fraction of sp³-hybridized carbons (Fsp3) is 1.00. The van der Waals surface area contributed by atoms with E-state index >= 15 is 0 Å². The summed E-state index contributed by atoms with van der Waals surface area (Å²) in [5.41, 5.74) is -1.60. The van der Waals surface area contributed by atoms with Crippen LogP contribution in [0.4, 0.5) is 61.5 Å². The van der Waals surface area contributed by atoms with Gasteiger partial charge in [-0.15, -0.1) is 0 Å². The van der Waals surface area contributed by atoms with Crippen molar-refractivity contribution >= 4 is 0 Å². The largest absolute Gasteiger partial charge is 0.395 e. The molecule has 0 nitrogen and oxygen atoms in total. The second kappa shape index (κ2) is 33.8. The minimum absolute atomic E-state index is 0.0570. The highest BCUT2D eigenvalue weighted by Gasteiger charge is 2.70. The van der Waals surface area contributed by atoms with Crippen molar-refractivity contribution in [1.82, 2.24) is 0 Å². The standard InChI is InChI=1S/C11H18F2.C11H20.C10H20.3C9H15F3.2C9H18.C8H13F3.2C2H6/c1-9(2,3)8-4-10(5-8)6-11(12,13)7-10;1-10(2,3)9-7-11(8-9)5-4-6-11;1-9(2,3)8-10(4)6-5-7-10;2*1-7(2,3)6-8(4-5-8)9(10,11)12;1-7(2,3)8(5-4-6-8)9(10,11)12;1-8(2,3)7-9(4)5-6-9;1-8(2,3)9(4)6-5-7-9;1-6(2,3)7(4-5-7)8(9,10)11;2*1-2/h8H,4-7H2,1-3H3;9H,4-8H2,1-3H3;5-8H2,1-4H3;3*4-6H2,1-3H3;2*5-7H2,1-4H3;4-5H2,1-3H3;2*1-2H3. The van der Waals surface area contributed by atoms with Crippen LogP contribution < -0.4 is 0 Å². The van der Waals surface area contributed by atoms with Crippen LogP contribution in [0, 0.1) is 109 Å². The van der Waals surface area contributed by atoms with Crippen molar-refractivity contribution in [2.75, 3.05) is 0 Å². The molecular formula is C89H164F14. The van der Waals surface area contributed by atoms with E-state index in [1.807, 2.05) is 69.2 Å². The van der Waals surface area contributed by atoms with Gasteiger partial charge >= 0.3 is 24.7 Å². The topological polar surface area (TPSA) is 0 Å². The highest BCUT2D eigenvalue weighted by Crippen LogP contribution is 2.70. The van der Waals surface area contributed by atoms with Gasteiger partial charge in [-0.3, -0.25) is 0 Å². The molecule has 0 unspecified atom stereocenters. The lowest BCUT2D eigenvalue weighted by Gasteiger charge is -2.60. The van der Waals surface area contributed by atoms with Crippen molar-refractivity contribution in [2.24, 2.45) is 109 Å². The smallest absolute Gasteiger partial charge is 0.207 e. The molecule has 0 heterocycles. The summed E-state index contributed by atoms with van der Waals surface area (Å²) in [6.45, 7) is 71.3. The van der Waals surface area contributed by atoms with Crippen molar-refractivity contribution in [3.8, 4) is 0 Å². The monoisotopic (exact) mass is 1500 g/mol. The Morgan fingerprint density at radius 3 is 0.612 bits per heavy atom. The van der Waals surface area contributed by atoms with E-state index in [0.717, 1.165) is 36.0 Å². The fourth-order valence-corrected chi connectivity index (χ4v) is 18.0. The molecule has 0 radical (unpaired) electrons. The van der Waals surface area contributed by atoms with Crippen LogP contribution in [-0.4, -0.2) is 30.6 Å². The zero-order valence-corrected chi connectivity index (χ0v) is 73.2. The Bertz CT molecular complexity index is 2370. The Morgan fingerprint density at radius 2 is 0.524 bits per heavy atom. The third-order valence-electron chi connectivity index (χ3n) is 26.3. The molecule has 0 N–H and O–H groups in total. The molecule has 0 saturated heterocycles. The minimum atomic E-state index is -4.02. The first-order valence-electron chi connectivity index (χ1n) is 40.9. The maximum absolute atomic E-state index is 12.7. The van der Waals surface area contributed by atoms with Crippen molar-refractivity contribution in [3.63, 3.8) is 0 Å². The molecule has 0 atom stereocenters. The van der Waals surface area contributed by atoms with Crippen LogP contribution in [0.25, 0.3) is 0 Å². The van der Waals surface area contributed by atoms with Crippen LogP contribution >= 0.6 is 0 Å². The molecule has 14 heteroatoms. The summed E-state index contributed by atoms with van der Waals surface area (Å²) >= 11 is 0. The van der Waals surface area contributed by atoms with Crippen LogP contribution in [0.3, 0.4) is 0 Å². The molecule has 11 aliphatic carbocycles. The second-order valence-electron chi connectivity index (χ2n) is 46.2. The van der Waals surface area contributed by atoms with E-state index in [-0.39, 0.29) is 41.9 Å². The van der Waals surface area contributed by atoms with Crippen molar-refractivity contribution in [3.05, 3.63) is 0 Å². The predicted octanol–water partition coefficient (Wildman–Crippen LogP) is 34.3. The zero-order chi connectivity index (χ0) is 81.9. The fourth-order valence-electron chi connectivity index (χ4n) is 18.0. The molecule has 11 aliphatic rings. The molecule has 11 saturated carbocycles. The summed E-state index contributed by atoms with van der Waals surface area (Å²) in [6.07, 6.45) is 12.3. The quantitative estimate of drug-likeness (QED) is 0.246. The van der Waals surface area contributed by atoms with Gasteiger partial charge in [-0.05, 0) is 242 Å². The van der Waals surface area contributed by atoms with Crippen molar-refractivity contribution in [1.29, 1.82) is 0 Å². The first kappa shape index (κ1) is 100. The molecule has 103 heavy (non-hydrogen) atoms. The lowest BCUT2D eigenvalue weighted by atomic mass is 9.46. The number of hydrogen-bond acceptors (Lipinski definition) is 0. The molecule has 11 rings (SSSR count).